The Morgan fingerprint density at radius 3 is 2.54 bits per heavy atom. The highest BCUT2D eigenvalue weighted by molar-refractivity contribution is 6.32. The minimum Gasteiger partial charge on any atom is -0.506 e. The Bertz CT molecular complexity index is 1460. The fourth-order valence-electron chi connectivity index (χ4n) is 5.05. The van der Waals surface area contributed by atoms with Crippen LogP contribution in [0.4, 0.5) is 0 Å². The minimum atomic E-state index is -0.415. The third-order valence-electron chi connectivity index (χ3n) is 7.24. The fourth-order valence-corrected chi connectivity index (χ4v) is 5.23. The molecule has 4 aromatic carbocycles. The molecule has 0 aromatic heterocycles. The van der Waals surface area contributed by atoms with Gasteiger partial charge in [-0.3, -0.25) is 9.69 Å². The molecule has 0 atom stereocenters. The number of hydrogen-bond donors (Lipinski definition) is 2. The summed E-state index contributed by atoms with van der Waals surface area (Å²) < 4.78 is 6.23. The van der Waals surface area contributed by atoms with Crippen molar-refractivity contribution >= 4 is 34.5 Å². The lowest BCUT2D eigenvalue weighted by atomic mass is 9.90. The van der Waals surface area contributed by atoms with Crippen LogP contribution in [0.25, 0.3) is 10.8 Å². The van der Waals surface area contributed by atoms with E-state index in [1.54, 1.807) is 6.21 Å². The van der Waals surface area contributed by atoms with Crippen LogP contribution >= 0.6 is 11.6 Å². The first-order chi connectivity index (χ1) is 19.1. The highest BCUT2D eigenvalue weighted by Crippen LogP contribution is 2.28. The molecule has 0 unspecified atom stereocenters. The Hall–Kier alpha value is -3.87. The third-order valence-corrected chi connectivity index (χ3v) is 7.54. The summed E-state index contributed by atoms with van der Waals surface area (Å²) >= 11 is 5.90. The van der Waals surface area contributed by atoms with Gasteiger partial charge in [0.25, 0.3) is 5.91 Å². The van der Waals surface area contributed by atoms with Gasteiger partial charge in [0.05, 0.1) is 11.2 Å². The molecule has 2 N–H and O–H groups in total. The summed E-state index contributed by atoms with van der Waals surface area (Å²) in [6.07, 6.45) is 5.23. The molecule has 1 fully saturated rings. The molecule has 6 nitrogen and oxygen atoms in total. The number of benzene rings is 4. The van der Waals surface area contributed by atoms with Crippen molar-refractivity contribution in [3.05, 3.63) is 107 Å². The maximum atomic E-state index is 12.4. The topological polar surface area (TPSA) is 74.2 Å². The van der Waals surface area contributed by atoms with Crippen molar-refractivity contribution in [3.63, 3.8) is 0 Å². The number of phenolic OH excluding ortho intramolecular Hbond substituents is 1. The van der Waals surface area contributed by atoms with E-state index in [0.717, 1.165) is 47.6 Å². The lowest BCUT2D eigenvalue weighted by molar-refractivity contribution is 0.0955. The fraction of sp³-hybridized carbons (Fsp3) is 0.250. The summed E-state index contributed by atoms with van der Waals surface area (Å²) in [5.41, 5.74) is 5.12. The third kappa shape index (κ3) is 6.96. The van der Waals surface area contributed by atoms with Gasteiger partial charge in [-0.25, -0.2) is 5.43 Å². The van der Waals surface area contributed by atoms with Crippen LogP contribution in [-0.2, 0) is 6.42 Å². The summed E-state index contributed by atoms with van der Waals surface area (Å²) in [6.45, 7) is 3.76. The van der Waals surface area contributed by atoms with Crippen molar-refractivity contribution in [1.29, 1.82) is 0 Å². The molecular formula is C32H34ClN3O3. The number of nitrogens with one attached hydrogen (secondary N) is 1. The van der Waals surface area contributed by atoms with Crippen LogP contribution in [0, 0.1) is 5.92 Å². The van der Waals surface area contributed by atoms with Gasteiger partial charge in [0, 0.05) is 24.5 Å². The number of halogens is 1. The molecule has 0 spiro atoms. The van der Waals surface area contributed by atoms with E-state index in [-0.39, 0.29) is 12.2 Å². The van der Waals surface area contributed by atoms with Crippen LogP contribution in [0.5, 0.6) is 11.5 Å². The monoisotopic (exact) mass is 543 g/mol. The SMILES string of the molecule is O=C(N/N=C/c1ccc(OCCN2CCC(Cc3ccccc3)CC2)c2ccccc12)c1ccc(O)c(Cl)c1.[HH]. The number of phenols is 1. The maximum absolute atomic E-state index is 12.4. The van der Waals surface area contributed by atoms with Crippen LogP contribution in [-0.4, -0.2) is 48.4 Å². The zero-order chi connectivity index (χ0) is 27.0. The Kier molecular flexibility index (Phi) is 8.76. The second kappa shape index (κ2) is 12.8. The number of piperidine rings is 1. The number of carbonyl (C=O) groups is 1. The van der Waals surface area contributed by atoms with E-state index in [1.165, 1.54) is 43.0 Å². The van der Waals surface area contributed by atoms with Crippen molar-refractivity contribution in [3.8, 4) is 11.5 Å². The molecule has 1 aliphatic heterocycles. The van der Waals surface area contributed by atoms with E-state index in [1.807, 2.05) is 36.4 Å². The second-order valence-corrected chi connectivity index (χ2v) is 10.3. The molecule has 5 rings (SSSR count). The van der Waals surface area contributed by atoms with Crippen molar-refractivity contribution in [2.45, 2.75) is 19.3 Å². The van der Waals surface area contributed by atoms with Gasteiger partial charge in [0.1, 0.15) is 18.1 Å². The standard InChI is InChI=1S/C32H32ClN3O3.H2/c33-29-21-25(10-12-30(29)37)32(38)35-34-22-26-11-13-31(28-9-5-4-8-27(26)28)39-19-18-36-16-14-24(15-17-36)20-23-6-2-1-3-7-23;/h1-13,21-22,24,37H,14-20H2,(H,35,38);1H/b34-22+;. The van der Waals surface area contributed by atoms with Crippen molar-refractivity contribution < 1.29 is 16.1 Å². The summed E-state index contributed by atoms with van der Waals surface area (Å²) in [7, 11) is 0. The largest absolute Gasteiger partial charge is 0.506 e. The number of amides is 1. The lowest BCUT2D eigenvalue weighted by Gasteiger charge is -2.32. The molecule has 0 radical (unpaired) electrons. The summed E-state index contributed by atoms with van der Waals surface area (Å²) in [5, 5.41) is 15.8. The van der Waals surface area contributed by atoms with E-state index in [9.17, 15) is 9.90 Å². The van der Waals surface area contributed by atoms with Crippen LogP contribution in [0.1, 0.15) is 35.8 Å². The molecule has 0 bridgehead atoms. The van der Waals surface area contributed by atoms with Crippen molar-refractivity contribution in [2.24, 2.45) is 11.0 Å². The first-order valence-electron chi connectivity index (χ1n) is 13.3. The second-order valence-electron chi connectivity index (χ2n) is 9.89. The molecule has 1 saturated heterocycles. The number of likely N-dealkylation sites (tertiary alicyclic amines) is 1. The van der Waals surface area contributed by atoms with E-state index in [4.69, 9.17) is 16.3 Å². The van der Waals surface area contributed by atoms with Crippen molar-refractivity contribution in [2.75, 3.05) is 26.2 Å². The van der Waals surface area contributed by atoms with Crippen LogP contribution in [0.2, 0.25) is 5.02 Å². The molecule has 0 saturated carbocycles. The number of ether oxygens (including phenoxy) is 1. The Labute approximate surface area is 235 Å². The Morgan fingerprint density at radius 2 is 1.77 bits per heavy atom. The first kappa shape index (κ1) is 26.7. The van der Waals surface area contributed by atoms with Gasteiger partial charge in [-0.05, 0) is 79.6 Å². The zero-order valence-electron chi connectivity index (χ0n) is 21.7. The number of hydrogen-bond acceptors (Lipinski definition) is 5. The van der Waals surface area contributed by atoms with Gasteiger partial charge in [-0.1, -0.05) is 66.2 Å². The highest BCUT2D eigenvalue weighted by atomic mass is 35.5. The van der Waals surface area contributed by atoms with Crippen molar-refractivity contribution in [1.82, 2.24) is 10.3 Å². The molecule has 0 aliphatic carbocycles. The molecular weight excluding hydrogens is 510 g/mol. The zero-order valence-corrected chi connectivity index (χ0v) is 22.5. The van der Waals surface area contributed by atoms with E-state index >= 15 is 0 Å². The van der Waals surface area contributed by atoms with E-state index < -0.39 is 5.91 Å². The van der Waals surface area contributed by atoms with Crippen LogP contribution in [0.15, 0.2) is 90.0 Å². The Morgan fingerprint density at radius 1 is 1.03 bits per heavy atom. The summed E-state index contributed by atoms with van der Waals surface area (Å²) in [5.74, 6) is 1.10. The smallest absolute Gasteiger partial charge is 0.271 e. The number of carbonyl (C=O) groups excluding carboxylic acids is 1. The number of nitrogens with zero attached hydrogens (tertiary/aromatic N) is 2. The number of aromatic hydroxyl groups is 1. The van der Waals surface area contributed by atoms with Gasteiger partial charge in [0.15, 0.2) is 0 Å². The minimum absolute atomic E-state index is 0. The van der Waals surface area contributed by atoms with Gasteiger partial charge in [0.2, 0.25) is 0 Å². The van der Waals surface area contributed by atoms with E-state index in [0.29, 0.717) is 12.2 Å². The predicted molar refractivity (Wildman–Crippen MR) is 159 cm³/mol. The molecule has 1 amide bonds. The van der Waals surface area contributed by atoms with Gasteiger partial charge in [-0.2, -0.15) is 5.10 Å². The summed E-state index contributed by atoms with van der Waals surface area (Å²) in [4.78, 5) is 14.9. The predicted octanol–water partition coefficient (Wildman–Crippen LogP) is 6.54. The van der Waals surface area contributed by atoms with Crippen LogP contribution in [0.3, 0.4) is 0 Å². The van der Waals surface area contributed by atoms with Gasteiger partial charge >= 0.3 is 0 Å². The first-order valence-corrected chi connectivity index (χ1v) is 13.7. The molecule has 202 valence electrons. The Balaban J connectivity index is 0.00000370. The highest BCUT2D eigenvalue weighted by Gasteiger charge is 2.19. The van der Waals surface area contributed by atoms with E-state index in [2.05, 4.69) is 45.8 Å². The van der Waals surface area contributed by atoms with Gasteiger partial charge in [-0.15, -0.1) is 0 Å². The van der Waals surface area contributed by atoms with Crippen LogP contribution < -0.4 is 10.2 Å². The maximum Gasteiger partial charge on any atom is 0.271 e. The molecule has 1 aliphatic rings. The average Bonchev–Trinajstić information content (AvgIpc) is 2.97. The number of hydrazone groups is 1. The lowest BCUT2D eigenvalue weighted by Crippen LogP contribution is -2.37. The molecule has 1 heterocycles. The normalized spacial score (nSPS) is 14.6. The number of fused-ring (bicyclic) bond motifs is 1. The summed E-state index contributed by atoms with van der Waals surface area (Å²) in [6, 6.07) is 27.0. The van der Waals surface area contributed by atoms with Gasteiger partial charge < -0.3 is 9.84 Å². The molecule has 4 aromatic rings. The molecule has 39 heavy (non-hydrogen) atoms. The quantitative estimate of drug-likeness (QED) is 0.186. The average molecular weight is 544 g/mol. The molecule has 7 heteroatoms. The number of rotatable bonds is 9.